The number of benzene rings is 1. The molecule has 0 bridgehead atoms. The number of hydrogen-bond acceptors (Lipinski definition) is 2. The molecule has 0 heterocycles. The van der Waals surface area contributed by atoms with E-state index in [1.165, 1.54) is 7.11 Å². The monoisotopic (exact) mass is 244 g/mol. The third kappa shape index (κ3) is 3.19. The van der Waals surface area contributed by atoms with E-state index < -0.39 is 0 Å². The molecule has 3 heteroatoms. The molecule has 1 aromatic carbocycles. The minimum Gasteiger partial charge on any atom is -0.495 e. The Morgan fingerprint density at radius 2 is 2.00 bits per heavy atom. The van der Waals surface area contributed by atoms with Gasteiger partial charge in [-0.2, -0.15) is 0 Å². The predicted molar refractivity (Wildman–Crippen MR) is 57.4 cm³/mol. The van der Waals surface area contributed by atoms with Gasteiger partial charge in [-0.05, 0) is 28.1 Å². The highest BCUT2D eigenvalue weighted by atomic mass is 79.9. The van der Waals surface area contributed by atoms with Crippen molar-refractivity contribution >= 4 is 22.2 Å². The first-order valence-electron chi connectivity index (χ1n) is 4.07. The predicted octanol–water partition coefficient (Wildman–Crippen LogP) is 3.30. The minimum atomic E-state index is 0.557. The number of hydrogen-bond donors (Lipinski definition) is 0. The van der Waals surface area contributed by atoms with E-state index >= 15 is 0 Å². The highest BCUT2D eigenvalue weighted by molar-refractivity contribution is 9.10. The standard InChI is InChI=1S/C8H7BrO2.C2H6/c1-11-8-6(5-10)3-2-4-7(8)9;1-2/h2-5H,1H3;1-2H3. The summed E-state index contributed by atoms with van der Waals surface area (Å²) in [4.78, 5) is 10.4. The van der Waals surface area contributed by atoms with Crippen LogP contribution < -0.4 is 4.74 Å². The number of para-hydroxylation sites is 1. The summed E-state index contributed by atoms with van der Waals surface area (Å²) in [5.74, 6) is 0.586. The Balaban J connectivity index is 0.000000671. The van der Waals surface area contributed by atoms with Crippen LogP contribution in [0.1, 0.15) is 24.2 Å². The van der Waals surface area contributed by atoms with Crippen LogP contribution in [0.25, 0.3) is 0 Å². The molecule has 13 heavy (non-hydrogen) atoms. The molecule has 2 nitrogen and oxygen atoms in total. The number of aldehydes is 1. The summed E-state index contributed by atoms with van der Waals surface area (Å²) < 4.78 is 5.78. The van der Waals surface area contributed by atoms with Gasteiger partial charge in [-0.15, -0.1) is 0 Å². The van der Waals surface area contributed by atoms with Crippen molar-refractivity contribution in [1.29, 1.82) is 0 Å². The Kier molecular flexibility index (Phi) is 6.24. The average Bonchev–Trinajstić information content (AvgIpc) is 2.20. The summed E-state index contributed by atoms with van der Waals surface area (Å²) in [5.41, 5.74) is 0.557. The lowest BCUT2D eigenvalue weighted by atomic mass is 10.2. The van der Waals surface area contributed by atoms with E-state index in [2.05, 4.69) is 15.9 Å². The molecular formula is C10H13BrO2. The van der Waals surface area contributed by atoms with Crippen LogP contribution >= 0.6 is 15.9 Å². The number of ether oxygens (including phenoxy) is 1. The molecule has 1 aromatic rings. The second-order valence-corrected chi connectivity index (χ2v) is 2.83. The van der Waals surface area contributed by atoms with Crippen LogP contribution in [0.2, 0.25) is 0 Å². The highest BCUT2D eigenvalue weighted by Gasteiger charge is 2.03. The zero-order valence-corrected chi connectivity index (χ0v) is 9.59. The van der Waals surface area contributed by atoms with E-state index in [0.717, 1.165) is 10.8 Å². The molecular weight excluding hydrogens is 232 g/mol. The van der Waals surface area contributed by atoms with Gasteiger partial charge in [-0.25, -0.2) is 0 Å². The van der Waals surface area contributed by atoms with E-state index in [1.54, 1.807) is 12.1 Å². The van der Waals surface area contributed by atoms with Crippen molar-refractivity contribution in [3.63, 3.8) is 0 Å². The number of carbonyl (C=O) groups is 1. The van der Waals surface area contributed by atoms with E-state index in [0.29, 0.717) is 11.3 Å². The quantitative estimate of drug-likeness (QED) is 0.747. The zero-order chi connectivity index (χ0) is 10.3. The van der Waals surface area contributed by atoms with E-state index in [1.807, 2.05) is 19.9 Å². The summed E-state index contributed by atoms with van der Waals surface area (Å²) in [6, 6.07) is 5.32. The summed E-state index contributed by atoms with van der Waals surface area (Å²) in [5, 5.41) is 0. The Hall–Kier alpha value is -0.830. The zero-order valence-electron chi connectivity index (χ0n) is 8.00. The van der Waals surface area contributed by atoms with Gasteiger partial charge in [0.15, 0.2) is 6.29 Å². The lowest BCUT2D eigenvalue weighted by Gasteiger charge is -2.03. The fourth-order valence-corrected chi connectivity index (χ4v) is 1.38. The van der Waals surface area contributed by atoms with Crippen molar-refractivity contribution in [3.8, 4) is 5.75 Å². The van der Waals surface area contributed by atoms with Gasteiger partial charge in [0.2, 0.25) is 0 Å². The van der Waals surface area contributed by atoms with Crippen LogP contribution in [0.4, 0.5) is 0 Å². The van der Waals surface area contributed by atoms with Crippen LogP contribution in [0, 0.1) is 0 Å². The molecule has 1 rings (SSSR count). The van der Waals surface area contributed by atoms with Crippen LogP contribution in [-0.2, 0) is 0 Å². The topological polar surface area (TPSA) is 26.3 Å². The molecule has 0 saturated carbocycles. The van der Waals surface area contributed by atoms with E-state index in [9.17, 15) is 4.79 Å². The van der Waals surface area contributed by atoms with Crippen molar-refractivity contribution < 1.29 is 9.53 Å². The van der Waals surface area contributed by atoms with Crippen LogP contribution in [0.3, 0.4) is 0 Å². The largest absolute Gasteiger partial charge is 0.495 e. The molecule has 72 valence electrons. The first-order valence-corrected chi connectivity index (χ1v) is 4.86. The maximum atomic E-state index is 10.4. The lowest BCUT2D eigenvalue weighted by Crippen LogP contribution is -1.90. The van der Waals surface area contributed by atoms with Gasteiger partial charge in [0, 0.05) is 0 Å². The smallest absolute Gasteiger partial charge is 0.153 e. The van der Waals surface area contributed by atoms with E-state index in [4.69, 9.17) is 4.74 Å². The maximum Gasteiger partial charge on any atom is 0.153 e. The second kappa shape index (κ2) is 6.66. The van der Waals surface area contributed by atoms with Gasteiger partial charge >= 0.3 is 0 Å². The molecule has 0 spiro atoms. The number of rotatable bonds is 2. The number of methoxy groups -OCH3 is 1. The van der Waals surface area contributed by atoms with Gasteiger partial charge in [0.25, 0.3) is 0 Å². The molecule has 0 aliphatic rings. The number of halogens is 1. The minimum absolute atomic E-state index is 0.557. The molecule has 0 N–H and O–H groups in total. The lowest BCUT2D eigenvalue weighted by molar-refractivity contribution is 0.112. The Morgan fingerprint density at radius 1 is 1.38 bits per heavy atom. The first kappa shape index (κ1) is 12.2. The van der Waals surface area contributed by atoms with Gasteiger partial charge in [0.1, 0.15) is 5.75 Å². The highest BCUT2D eigenvalue weighted by Crippen LogP contribution is 2.27. The van der Waals surface area contributed by atoms with Crippen LogP contribution in [0.5, 0.6) is 5.75 Å². The average molecular weight is 245 g/mol. The fourth-order valence-electron chi connectivity index (χ4n) is 0.834. The van der Waals surface area contributed by atoms with E-state index in [-0.39, 0.29) is 0 Å². The molecule has 0 amide bonds. The first-order chi connectivity index (χ1) is 6.29. The van der Waals surface area contributed by atoms with Gasteiger partial charge in [-0.1, -0.05) is 19.9 Å². The van der Waals surface area contributed by atoms with Gasteiger partial charge in [0.05, 0.1) is 17.1 Å². The molecule has 0 aliphatic carbocycles. The number of carbonyl (C=O) groups excluding carboxylic acids is 1. The molecule has 0 atom stereocenters. The Labute approximate surface area is 87.0 Å². The summed E-state index contributed by atoms with van der Waals surface area (Å²) in [6.07, 6.45) is 0.767. The molecule has 0 radical (unpaired) electrons. The molecule has 0 saturated heterocycles. The van der Waals surface area contributed by atoms with Crippen molar-refractivity contribution in [2.24, 2.45) is 0 Å². The fraction of sp³-hybridized carbons (Fsp3) is 0.300. The Morgan fingerprint density at radius 3 is 2.38 bits per heavy atom. The van der Waals surface area contributed by atoms with Crippen molar-refractivity contribution in [2.45, 2.75) is 13.8 Å². The van der Waals surface area contributed by atoms with Crippen molar-refractivity contribution in [3.05, 3.63) is 28.2 Å². The Bertz CT molecular complexity index is 272. The van der Waals surface area contributed by atoms with Crippen LogP contribution in [-0.4, -0.2) is 13.4 Å². The SMILES string of the molecule is CC.COc1c(Br)cccc1C=O. The van der Waals surface area contributed by atoms with Crippen molar-refractivity contribution in [1.82, 2.24) is 0 Å². The normalized spacial score (nSPS) is 8.31. The molecule has 0 fully saturated rings. The summed E-state index contributed by atoms with van der Waals surface area (Å²) in [7, 11) is 1.53. The van der Waals surface area contributed by atoms with Gasteiger partial charge < -0.3 is 4.74 Å². The van der Waals surface area contributed by atoms with Crippen molar-refractivity contribution in [2.75, 3.05) is 7.11 Å². The maximum absolute atomic E-state index is 10.4. The molecule has 0 aliphatic heterocycles. The summed E-state index contributed by atoms with van der Waals surface area (Å²) >= 11 is 3.26. The summed E-state index contributed by atoms with van der Waals surface area (Å²) in [6.45, 7) is 4.00. The molecule has 0 unspecified atom stereocenters. The third-order valence-corrected chi connectivity index (χ3v) is 1.95. The third-order valence-electron chi connectivity index (χ3n) is 1.33. The van der Waals surface area contributed by atoms with Gasteiger partial charge in [-0.3, -0.25) is 4.79 Å². The molecule has 0 aromatic heterocycles. The second-order valence-electron chi connectivity index (χ2n) is 1.98. The van der Waals surface area contributed by atoms with Crippen LogP contribution in [0.15, 0.2) is 22.7 Å².